The van der Waals surface area contributed by atoms with E-state index in [4.69, 9.17) is 21.1 Å². The lowest BCUT2D eigenvalue weighted by atomic mass is 9.94. The lowest BCUT2D eigenvalue weighted by Gasteiger charge is -2.30. The third-order valence-electron chi connectivity index (χ3n) is 5.35. The van der Waals surface area contributed by atoms with E-state index >= 15 is 0 Å². The van der Waals surface area contributed by atoms with E-state index in [1.54, 1.807) is 6.07 Å². The fourth-order valence-corrected chi connectivity index (χ4v) is 4.60. The van der Waals surface area contributed by atoms with Gasteiger partial charge in [-0.15, -0.1) is 0 Å². The van der Waals surface area contributed by atoms with E-state index in [9.17, 15) is 13.2 Å². The Labute approximate surface area is 188 Å². The fourth-order valence-electron chi connectivity index (χ4n) is 2.98. The van der Waals surface area contributed by atoms with Crippen molar-refractivity contribution in [3.8, 4) is 11.8 Å². The van der Waals surface area contributed by atoms with E-state index in [0.29, 0.717) is 30.6 Å². The minimum atomic E-state index is -3.55. The minimum Gasteiger partial charge on any atom is -0.493 e. The third kappa shape index (κ3) is 5.62. The number of carbonyl (C=O) groups is 1. The van der Waals surface area contributed by atoms with Crippen LogP contribution in [0.15, 0.2) is 36.5 Å². The number of sulfone groups is 1. The van der Waals surface area contributed by atoms with Crippen molar-refractivity contribution in [2.24, 2.45) is 5.73 Å². The summed E-state index contributed by atoms with van der Waals surface area (Å²) >= 11 is 0. The molecule has 0 saturated heterocycles. The van der Waals surface area contributed by atoms with Crippen LogP contribution in [0.4, 0.5) is 5.69 Å². The van der Waals surface area contributed by atoms with Gasteiger partial charge >= 0.3 is 0 Å². The molecule has 0 fully saturated rings. The standard InChI is InChI=1S/C15H23N3O3S.C7H4N2O/c1-15(2,14(16)17)22(19,20)9-10-6-7-21-13-5-4-11(18-3)8-12(10)13;8-3-6-1-2-7(5-10)9-4-6/h4-5,8,10,18H,6-7,9H2,1-3H3,(H3,16,17);1-2,4-5H. The molecule has 1 unspecified atom stereocenters. The summed E-state index contributed by atoms with van der Waals surface area (Å²) in [5.74, 6) is 0.207. The number of aromatic nitrogens is 1. The number of nitriles is 1. The number of ether oxygens (including phenoxy) is 1. The van der Waals surface area contributed by atoms with Crippen molar-refractivity contribution >= 4 is 27.6 Å². The summed E-state index contributed by atoms with van der Waals surface area (Å²) in [5, 5.41) is 18.9. The molecule has 0 amide bonds. The van der Waals surface area contributed by atoms with Gasteiger partial charge in [0.15, 0.2) is 16.1 Å². The van der Waals surface area contributed by atoms with Gasteiger partial charge in [0.1, 0.15) is 28.1 Å². The number of rotatable bonds is 6. The van der Waals surface area contributed by atoms with Gasteiger partial charge in [-0.1, -0.05) is 0 Å². The molecular weight excluding hydrogens is 430 g/mol. The Morgan fingerprint density at radius 1 is 1.41 bits per heavy atom. The summed E-state index contributed by atoms with van der Waals surface area (Å²) in [6.07, 6.45) is 2.64. The number of anilines is 1. The number of carbonyl (C=O) groups excluding carboxylic acids is 1. The Morgan fingerprint density at radius 2 is 2.12 bits per heavy atom. The zero-order chi connectivity index (χ0) is 23.9. The Morgan fingerprint density at radius 3 is 2.66 bits per heavy atom. The lowest BCUT2D eigenvalue weighted by molar-refractivity contribution is 0.111. The highest BCUT2D eigenvalue weighted by Crippen LogP contribution is 2.37. The predicted molar refractivity (Wildman–Crippen MR) is 123 cm³/mol. The number of benzene rings is 1. The maximum absolute atomic E-state index is 12.6. The van der Waals surface area contributed by atoms with Crippen molar-refractivity contribution in [1.29, 1.82) is 10.7 Å². The highest BCUT2D eigenvalue weighted by atomic mass is 32.2. The molecule has 4 N–H and O–H groups in total. The van der Waals surface area contributed by atoms with Crippen LogP contribution < -0.4 is 15.8 Å². The highest BCUT2D eigenvalue weighted by Gasteiger charge is 2.40. The van der Waals surface area contributed by atoms with Crippen molar-refractivity contribution in [3.63, 3.8) is 0 Å². The molecule has 2 aromatic rings. The number of hydrogen-bond donors (Lipinski definition) is 3. The first-order chi connectivity index (χ1) is 15.1. The van der Waals surface area contributed by atoms with Crippen molar-refractivity contribution in [3.05, 3.63) is 53.3 Å². The van der Waals surface area contributed by atoms with Gasteiger partial charge in [-0.25, -0.2) is 8.42 Å². The van der Waals surface area contributed by atoms with E-state index in [1.807, 2.05) is 31.3 Å². The summed E-state index contributed by atoms with van der Waals surface area (Å²) in [4.78, 5) is 13.7. The first-order valence-corrected chi connectivity index (χ1v) is 11.5. The van der Waals surface area contributed by atoms with Crippen molar-refractivity contribution in [2.45, 2.75) is 30.9 Å². The average Bonchev–Trinajstić information content (AvgIpc) is 2.79. The molecule has 0 radical (unpaired) electrons. The van der Waals surface area contributed by atoms with Crippen LogP contribution in [-0.4, -0.2) is 49.7 Å². The van der Waals surface area contributed by atoms with Crippen molar-refractivity contribution in [1.82, 2.24) is 4.98 Å². The fraction of sp³-hybridized carbons (Fsp3) is 0.364. The van der Waals surface area contributed by atoms with Crippen LogP contribution in [-0.2, 0) is 9.84 Å². The van der Waals surface area contributed by atoms with Crippen LogP contribution in [0.5, 0.6) is 5.75 Å². The lowest BCUT2D eigenvalue weighted by Crippen LogP contribution is -2.47. The zero-order valence-corrected chi connectivity index (χ0v) is 19.1. The van der Waals surface area contributed by atoms with E-state index < -0.39 is 14.6 Å². The topological polar surface area (TPSA) is 159 Å². The van der Waals surface area contributed by atoms with E-state index in [-0.39, 0.29) is 17.5 Å². The van der Waals surface area contributed by atoms with Crippen LogP contribution in [0, 0.1) is 16.7 Å². The van der Waals surface area contributed by atoms with Gasteiger partial charge in [-0.2, -0.15) is 5.26 Å². The Bertz CT molecular complexity index is 1120. The maximum atomic E-state index is 12.6. The molecule has 1 aromatic carbocycles. The number of amidine groups is 1. The molecule has 9 nitrogen and oxygen atoms in total. The summed E-state index contributed by atoms with van der Waals surface area (Å²) in [5.41, 5.74) is 8.09. The molecule has 170 valence electrons. The minimum absolute atomic E-state index is 0.0386. The van der Waals surface area contributed by atoms with E-state index in [2.05, 4.69) is 10.3 Å². The Hall–Kier alpha value is -3.45. The van der Waals surface area contributed by atoms with Crippen LogP contribution in [0.25, 0.3) is 0 Å². The number of nitrogens with one attached hydrogen (secondary N) is 2. The van der Waals surface area contributed by atoms with Crippen molar-refractivity contribution in [2.75, 3.05) is 24.7 Å². The molecule has 10 heteroatoms. The molecule has 1 aromatic heterocycles. The summed E-state index contributed by atoms with van der Waals surface area (Å²) in [6.45, 7) is 3.45. The molecular formula is C22H27N5O4S. The molecule has 0 aliphatic carbocycles. The second kappa shape index (κ2) is 10.2. The first-order valence-electron chi connectivity index (χ1n) is 9.88. The number of nitrogens with two attached hydrogens (primary N) is 1. The summed E-state index contributed by atoms with van der Waals surface area (Å²) < 4.78 is 29.6. The van der Waals surface area contributed by atoms with Crippen LogP contribution in [0.2, 0.25) is 0 Å². The molecule has 2 heterocycles. The second-order valence-electron chi connectivity index (χ2n) is 7.74. The zero-order valence-electron chi connectivity index (χ0n) is 18.3. The second-order valence-corrected chi connectivity index (χ2v) is 10.3. The Kier molecular flexibility index (Phi) is 7.94. The quantitative estimate of drug-likeness (QED) is 0.339. The summed E-state index contributed by atoms with van der Waals surface area (Å²) in [7, 11) is -1.73. The number of aldehydes is 1. The van der Waals surface area contributed by atoms with Crippen LogP contribution in [0.1, 0.15) is 47.8 Å². The number of fused-ring (bicyclic) bond motifs is 1. The maximum Gasteiger partial charge on any atom is 0.168 e. The number of nitrogens with zero attached hydrogens (tertiary/aromatic N) is 2. The first kappa shape index (κ1) is 24.8. The number of hydrogen-bond acceptors (Lipinski definition) is 8. The van der Waals surface area contributed by atoms with Gasteiger partial charge in [-0.05, 0) is 50.6 Å². The van der Waals surface area contributed by atoms with Gasteiger partial charge in [0.25, 0.3) is 0 Å². The van der Waals surface area contributed by atoms with E-state index in [1.165, 1.54) is 26.1 Å². The summed E-state index contributed by atoms with van der Waals surface area (Å²) in [6, 6.07) is 10.6. The molecule has 0 saturated carbocycles. The van der Waals surface area contributed by atoms with Gasteiger partial charge in [0.05, 0.1) is 17.9 Å². The largest absolute Gasteiger partial charge is 0.493 e. The van der Waals surface area contributed by atoms with Crippen molar-refractivity contribution < 1.29 is 17.9 Å². The smallest absolute Gasteiger partial charge is 0.168 e. The van der Waals surface area contributed by atoms with Gasteiger partial charge in [0.2, 0.25) is 0 Å². The monoisotopic (exact) mass is 457 g/mol. The molecule has 0 spiro atoms. The third-order valence-corrected chi connectivity index (χ3v) is 7.96. The SMILES string of the molecule is CNc1ccc2c(c1)C(CS(=O)(=O)C(C)(C)C(=N)N)CCO2.N#Cc1ccc(C=O)nc1. The molecule has 1 aliphatic rings. The number of pyridine rings is 1. The normalized spacial score (nSPS) is 15.1. The molecule has 0 bridgehead atoms. The predicted octanol–water partition coefficient (Wildman–Crippen LogP) is 2.49. The molecule has 1 atom stereocenters. The van der Waals surface area contributed by atoms with Crippen LogP contribution in [0.3, 0.4) is 0 Å². The van der Waals surface area contributed by atoms with E-state index in [0.717, 1.165) is 17.0 Å². The molecule has 3 rings (SSSR count). The highest BCUT2D eigenvalue weighted by molar-refractivity contribution is 7.93. The van der Waals surface area contributed by atoms with Gasteiger partial charge < -0.3 is 15.8 Å². The molecule has 32 heavy (non-hydrogen) atoms. The van der Waals surface area contributed by atoms with Gasteiger partial charge in [0, 0.05) is 30.4 Å². The molecule has 1 aliphatic heterocycles. The van der Waals surface area contributed by atoms with Gasteiger partial charge in [-0.3, -0.25) is 15.2 Å². The average molecular weight is 458 g/mol. The van der Waals surface area contributed by atoms with Crippen LogP contribution >= 0.6 is 0 Å². The Balaban J connectivity index is 0.000000303.